The summed E-state index contributed by atoms with van der Waals surface area (Å²) in [7, 11) is 1.93. The summed E-state index contributed by atoms with van der Waals surface area (Å²) in [6.07, 6.45) is 4.18. The van der Waals surface area contributed by atoms with Gasteiger partial charge in [-0.3, -0.25) is 4.79 Å². The third kappa shape index (κ3) is 3.05. The Bertz CT molecular complexity index is 280. The zero-order chi connectivity index (χ0) is 13.9. The molecule has 1 atom stereocenters. The van der Waals surface area contributed by atoms with Crippen LogP contribution >= 0.6 is 0 Å². The van der Waals surface area contributed by atoms with Crippen molar-refractivity contribution in [1.82, 2.24) is 4.90 Å². The Balaban J connectivity index is 2.79. The summed E-state index contributed by atoms with van der Waals surface area (Å²) < 4.78 is 0. The van der Waals surface area contributed by atoms with Gasteiger partial charge in [0.15, 0.2) is 0 Å². The summed E-state index contributed by atoms with van der Waals surface area (Å²) in [5, 5.41) is 0. The molecule has 0 aliphatic heterocycles. The third-order valence-corrected chi connectivity index (χ3v) is 4.97. The molecule has 1 saturated carbocycles. The van der Waals surface area contributed by atoms with Crippen LogP contribution in [-0.2, 0) is 4.79 Å². The SMILES string of the molecule is CC1CCC(CN)(C(=O)N(C)C(C)C(C)C)CC1. The lowest BCUT2D eigenvalue weighted by Gasteiger charge is -2.42. The van der Waals surface area contributed by atoms with Gasteiger partial charge in [0.1, 0.15) is 0 Å². The highest BCUT2D eigenvalue weighted by Crippen LogP contribution is 2.39. The van der Waals surface area contributed by atoms with Gasteiger partial charge in [0.2, 0.25) is 5.91 Å². The van der Waals surface area contributed by atoms with Gasteiger partial charge in [-0.1, -0.05) is 20.8 Å². The van der Waals surface area contributed by atoms with Gasteiger partial charge in [0.05, 0.1) is 5.41 Å². The maximum atomic E-state index is 12.7. The average molecular weight is 254 g/mol. The number of nitrogens with two attached hydrogens (primary N) is 1. The number of nitrogens with zero attached hydrogens (tertiary/aromatic N) is 1. The number of rotatable bonds is 4. The predicted molar refractivity (Wildman–Crippen MR) is 76.2 cm³/mol. The van der Waals surface area contributed by atoms with Crippen molar-refractivity contribution in [2.75, 3.05) is 13.6 Å². The summed E-state index contributed by atoms with van der Waals surface area (Å²) >= 11 is 0. The fourth-order valence-electron chi connectivity index (χ4n) is 2.83. The van der Waals surface area contributed by atoms with Crippen LogP contribution in [0.4, 0.5) is 0 Å². The first-order valence-electron chi connectivity index (χ1n) is 7.31. The van der Waals surface area contributed by atoms with Gasteiger partial charge in [0, 0.05) is 19.6 Å². The maximum absolute atomic E-state index is 12.7. The Kier molecular flexibility index (Phi) is 5.20. The molecule has 106 valence electrons. The van der Waals surface area contributed by atoms with Crippen molar-refractivity contribution in [3.63, 3.8) is 0 Å². The second-order valence-electron chi connectivity index (χ2n) is 6.57. The van der Waals surface area contributed by atoms with Crippen molar-refractivity contribution in [2.45, 2.75) is 59.4 Å². The lowest BCUT2D eigenvalue weighted by Crippen LogP contribution is -2.51. The van der Waals surface area contributed by atoms with Crippen molar-refractivity contribution >= 4 is 5.91 Å². The zero-order valence-electron chi connectivity index (χ0n) is 12.7. The molecule has 0 spiro atoms. The third-order valence-electron chi connectivity index (χ3n) is 4.97. The first-order valence-corrected chi connectivity index (χ1v) is 7.31. The van der Waals surface area contributed by atoms with Crippen molar-refractivity contribution < 1.29 is 4.79 Å². The van der Waals surface area contributed by atoms with E-state index in [2.05, 4.69) is 27.7 Å². The van der Waals surface area contributed by atoms with Crippen molar-refractivity contribution in [2.24, 2.45) is 23.0 Å². The van der Waals surface area contributed by atoms with Gasteiger partial charge in [0.25, 0.3) is 0 Å². The number of carbonyl (C=O) groups is 1. The van der Waals surface area contributed by atoms with E-state index >= 15 is 0 Å². The minimum atomic E-state index is -0.287. The molecule has 0 radical (unpaired) electrons. The molecule has 0 bridgehead atoms. The van der Waals surface area contributed by atoms with E-state index < -0.39 is 0 Å². The largest absolute Gasteiger partial charge is 0.342 e. The fraction of sp³-hybridized carbons (Fsp3) is 0.933. The summed E-state index contributed by atoms with van der Waals surface area (Å²) in [5.74, 6) is 1.49. The monoisotopic (exact) mass is 254 g/mol. The summed E-state index contributed by atoms with van der Waals surface area (Å²) in [4.78, 5) is 14.7. The predicted octanol–water partition coefficient (Wildman–Crippen LogP) is 2.64. The van der Waals surface area contributed by atoms with E-state index in [1.54, 1.807) is 0 Å². The Morgan fingerprint density at radius 1 is 1.33 bits per heavy atom. The van der Waals surface area contributed by atoms with Crippen LogP contribution in [0, 0.1) is 17.3 Å². The van der Waals surface area contributed by atoms with Crippen LogP contribution in [-0.4, -0.2) is 30.4 Å². The van der Waals surface area contributed by atoms with E-state index in [-0.39, 0.29) is 17.4 Å². The summed E-state index contributed by atoms with van der Waals surface area (Å²) in [6, 6.07) is 0.278. The lowest BCUT2D eigenvalue weighted by atomic mass is 9.70. The Hall–Kier alpha value is -0.570. The van der Waals surface area contributed by atoms with Crippen LogP contribution in [0.5, 0.6) is 0 Å². The Morgan fingerprint density at radius 2 is 1.83 bits per heavy atom. The molecule has 1 aliphatic carbocycles. The van der Waals surface area contributed by atoms with Crippen LogP contribution < -0.4 is 5.73 Å². The van der Waals surface area contributed by atoms with Crippen LogP contribution in [0.25, 0.3) is 0 Å². The molecule has 0 heterocycles. The Morgan fingerprint density at radius 3 is 2.22 bits per heavy atom. The topological polar surface area (TPSA) is 46.3 Å². The fourth-order valence-corrected chi connectivity index (χ4v) is 2.83. The van der Waals surface area contributed by atoms with Crippen molar-refractivity contribution in [1.29, 1.82) is 0 Å². The van der Waals surface area contributed by atoms with Crippen LogP contribution in [0.15, 0.2) is 0 Å². The van der Waals surface area contributed by atoms with Crippen LogP contribution in [0.2, 0.25) is 0 Å². The molecule has 0 aromatic rings. The van der Waals surface area contributed by atoms with Gasteiger partial charge >= 0.3 is 0 Å². The van der Waals surface area contributed by atoms with Gasteiger partial charge in [-0.05, 0) is 44.4 Å². The van der Waals surface area contributed by atoms with E-state index in [1.807, 2.05) is 11.9 Å². The standard InChI is InChI=1S/C15H30N2O/c1-11(2)13(4)17(5)14(18)15(10-16)8-6-12(3)7-9-15/h11-13H,6-10,16H2,1-5H3. The van der Waals surface area contributed by atoms with E-state index in [0.717, 1.165) is 31.6 Å². The normalized spacial score (nSPS) is 30.3. The molecule has 1 fully saturated rings. The van der Waals surface area contributed by atoms with E-state index in [1.165, 1.54) is 0 Å². The molecule has 18 heavy (non-hydrogen) atoms. The average Bonchev–Trinajstić information content (AvgIpc) is 2.37. The quantitative estimate of drug-likeness (QED) is 0.838. The molecular weight excluding hydrogens is 224 g/mol. The van der Waals surface area contributed by atoms with Crippen LogP contribution in [0.1, 0.15) is 53.4 Å². The number of hydrogen-bond acceptors (Lipinski definition) is 2. The molecule has 1 rings (SSSR count). The molecular formula is C15H30N2O. The highest BCUT2D eigenvalue weighted by Gasteiger charge is 2.42. The van der Waals surface area contributed by atoms with Crippen molar-refractivity contribution in [3.8, 4) is 0 Å². The minimum absolute atomic E-state index is 0.262. The van der Waals surface area contributed by atoms with Gasteiger partial charge in [-0.25, -0.2) is 0 Å². The molecule has 1 amide bonds. The second-order valence-corrected chi connectivity index (χ2v) is 6.57. The molecule has 1 unspecified atom stereocenters. The summed E-state index contributed by atoms with van der Waals surface area (Å²) in [6.45, 7) is 9.20. The van der Waals surface area contributed by atoms with Gasteiger partial charge < -0.3 is 10.6 Å². The lowest BCUT2D eigenvalue weighted by molar-refractivity contribution is -0.145. The summed E-state index contributed by atoms with van der Waals surface area (Å²) in [5.41, 5.74) is 5.66. The van der Waals surface area contributed by atoms with Gasteiger partial charge in [-0.15, -0.1) is 0 Å². The molecule has 3 heteroatoms. The first kappa shape index (κ1) is 15.5. The first-order chi connectivity index (χ1) is 8.34. The van der Waals surface area contributed by atoms with Gasteiger partial charge in [-0.2, -0.15) is 0 Å². The maximum Gasteiger partial charge on any atom is 0.230 e. The Labute approximate surface area is 112 Å². The number of hydrogen-bond donors (Lipinski definition) is 1. The molecule has 0 saturated heterocycles. The molecule has 2 N–H and O–H groups in total. The van der Waals surface area contributed by atoms with Crippen molar-refractivity contribution in [3.05, 3.63) is 0 Å². The highest BCUT2D eigenvalue weighted by molar-refractivity contribution is 5.83. The van der Waals surface area contributed by atoms with Crippen LogP contribution in [0.3, 0.4) is 0 Å². The molecule has 0 aromatic carbocycles. The van der Waals surface area contributed by atoms with E-state index in [9.17, 15) is 4.79 Å². The highest BCUT2D eigenvalue weighted by atomic mass is 16.2. The second kappa shape index (κ2) is 6.05. The zero-order valence-corrected chi connectivity index (χ0v) is 12.7. The smallest absolute Gasteiger partial charge is 0.230 e. The number of amides is 1. The van der Waals surface area contributed by atoms with E-state index in [0.29, 0.717) is 12.5 Å². The van der Waals surface area contributed by atoms with E-state index in [4.69, 9.17) is 5.73 Å². The number of carbonyl (C=O) groups excluding carboxylic acids is 1. The minimum Gasteiger partial charge on any atom is -0.342 e. The molecule has 3 nitrogen and oxygen atoms in total. The molecule has 1 aliphatic rings. The molecule has 0 aromatic heterocycles.